The molecule has 0 radical (unpaired) electrons. The van der Waals surface area contributed by atoms with Gasteiger partial charge in [0.1, 0.15) is 5.60 Å². The molecular weight excluding hydrogens is 244 g/mol. The quantitative estimate of drug-likeness (QED) is 0.633. The minimum Gasteiger partial charge on any atom is -0.444 e. The number of hydrogen-bond donors (Lipinski definition) is 2. The van der Waals surface area contributed by atoms with Gasteiger partial charge in [-0.05, 0) is 39.7 Å². The molecule has 0 saturated heterocycles. The van der Waals surface area contributed by atoms with Crippen molar-refractivity contribution < 1.29 is 14.3 Å². The van der Waals surface area contributed by atoms with Crippen LogP contribution in [-0.2, 0) is 9.47 Å². The molecule has 0 atom stereocenters. The predicted octanol–water partition coefficient (Wildman–Crippen LogP) is 2.16. The highest BCUT2D eigenvalue weighted by molar-refractivity contribution is 5.67. The number of alkyl carbamates (subject to hydrolysis) is 1. The van der Waals surface area contributed by atoms with E-state index in [0.29, 0.717) is 12.5 Å². The van der Waals surface area contributed by atoms with Crippen LogP contribution in [0.4, 0.5) is 4.79 Å². The normalized spacial score (nSPS) is 11.7. The molecule has 0 aliphatic rings. The summed E-state index contributed by atoms with van der Waals surface area (Å²) in [6, 6.07) is 0. The van der Waals surface area contributed by atoms with Gasteiger partial charge in [-0.15, -0.1) is 0 Å². The van der Waals surface area contributed by atoms with Crippen molar-refractivity contribution in [1.29, 1.82) is 0 Å². The lowest BCUT2D eigenvalue weighted by molar-refractivity contribution is 0.0527. The summed E-state index contributed by atoms with van der Waals surface area (Å²) < 4.78 is 10.6. The van der Waals surface area contributed by atoms with E-state index in [1.165, 1.54) is 0 Å². The van der Waals surface area contributed by atoms with Gasteiger partial charge in [-0.3, -0.25) is 0 Å². The largest absolute Gasteiger partial charge is 0.444 e. The number of carbonyl (C=O) groups is 1. The van der Waals surface area contributed by atoms with Gasteiger partial charge < -0.3 is 20.1 Å². The van der Waals surface area contributed by atoms with E-state index in [9.17, 15) is 4.79 Å². The summed E-state index contributed by atoms with van der Waals surface area (Å²) >= 11 is 0. The Bertz CT molecular complexity index is 237. The Morgan fingerprint density at radius 3 is 2.42 bits per heavy atom. The Hall–Kier alpha value is -0.810. The summed E-state index contributed by atoms with van der Waals surface area (Å²) in [7, 11) is 0. The molecule has 0 spiro atoms. The summed E-state index contributed by atoms with van der Waals surface area (Å²) in [5, 5.41) is 5.99. The number of carbonyl (C=O) groups excluding carboxylic acids is 1. The monoisotopic (exact) mass is 274 g/mol. The summed E-state index contributed by atoms with van der Waals surface area (Å²) in [6.07, 6.45) is 0.524. The van der Waals surface area contributed by atoms with Gasteiger partial charge in [0.05, 0.1) is 6.61 Å². The molecule has 1 amide bonds. The minimum absolute atomic E-state index is 0.354. The number of ether oxygens (including phenoxy) is 2. The third-order valence-electron chi connectivity index (χ3n) is 2.07. The SMILES string of the molecule is CC(C)COCCNCCCNC(=O)OC(C)(C)C. The van der Waals surface area contributed by atoms with Crippen LogP contribution in [0.5, 0.6) is 0 Å². The van der Waals surface area contributed by atoms with Gasteiger partial charge in [0.25, 0.3) is 0 Å². The van der Waals surface area contributed by atoms with Crippen LogP contribution in [0.3, 0.4) is 0 Å². The molecule has 0 aliphatic carbocycles. The molecule has 0 saturated carbocycles. The highest BCUT2D eigenvalue weighted by Gasteiger charge is 2.15. The Morgan fingerprint density at radius 1 is 1.16 bits per heavy atom. The lowest BCUT2D eigenvalue weighted by Crippen LogP contribution is -2.34. The molecule has 0 rings (SSSR count). The maximum atomic E-state index is 11.3. The number of rotatable bonds is 9. The Labute approximate surface area is 117 Å². The standard InChI is InChI=1S/C14H30N2O3/c1-12(2)11-18-10-9-15-7-6-8-16-13(17)19-14(3,4)5/h12,15H,6-11H2,1-5H3,(H,16,17). The van der Waals surface area contributed by atoms with Gasteiger partial charge in [-0.25, -0.2) is 4.79 Å². The number of amides is 1. The van der Waals surface area contributed by atoms with Gasteiger partial charge in [0.15, 0.2) is 0 Å². The lowest BCUT2D eigenvalue weighted by atomic mass is 10.2. The van der Waals surface area contributed by atoms with E-state index in [1.54, 1.807) is 0 Å². The van der Waals surface area contributed by atoms with E-state index < -0.39 is 5.60 Å². The van der Waals surface area contributed by atoms with Crippen LogP contribution in [0.15, 0.2) is 0 Å². The van der Waals surface area contributed by atoms with E-state index in [2.05, 4.69) is 24.5 Å². The van der Waals surface area contributed by atoms with Gasteiger partial charge in [0, 0.05) is 19.7 Å². The van der Waals surface area contributed by atoms with E-state index in [-0.39, 0.29) is 6.09 Å². The Kier molecular flexibility index (Phi) is 9.61. The van der Waals surface area contributed by atoms with Crippen LogP contribution >= 0.6 is 0 Å². The predicted molar refractivity (Wildman–Crippen MR) is 77.4 cm³/mol. The van der Waals surface area contributed by atoms with E-state index in [0.717, 1.165) is 32.7 Å². The highest BCUT2D eigenvalue weighted by Crippen LogP contribution is 2.06. The molecule has 0 aliphatic heterocycles. The zero-order valence-corrected chi connectivity index (χ0v) is 13.0. The molecule has 2 N–H and O–H groups in total. The molecule has 0 aromatic carbocycles. The lowest BCUT2D eigenvalue weighted by Gasteiger charge is -2.19. The molecular formula is C14H30N2O3. The van der Waals surface area contributed by atoms with Crippen molar-refractivity contribution in [2.24, 2.45) is 5.92 Å². The van der Waals surface area contributed by atoms with Crippen LogP contribution in [0.2, 0.25) is 0 Å². The summed E-state index contributed by atoms with van der Waals surface area (Å²) in [6.45, 7) is 13.7. The summed E-state index contributed by atoms with van der Waals surface area (Å²) in [4.78, 5) is 11.3. The fraction of sp³-hybridized carbons (Fsp3) is 0.929. The molecule has 0 unspecified atom stereocenters. The van der Waals surface area contributed by atoms with E-state index >= 15 is 0 Å². The Morgan fingerprint density at radius 2 is 1.84 bits per heavy atom. The zero-order valence-electron chi connectivity index (χ0n) is 13.0. The van der Waals surface area contributed by atoms with Gasteiger partial charge in [-0.1, -0.05) is 13.8 Å². The van der Waals surface area contributed by atoms with Crippen LogP contribution in [0.25, 0.3) is 0 Å². The van der Waals surface area contributed by atoms with Crippen molar-refractivity contribution in [2.75, 3.05) is 32.8 Å². The second kappa shape index (κ2) is 10.0. The van der Waals surface area contributed by atoms with Crippen molar-refractivity contribution in [3.8, 4) is 0 Å². The summed E-state index contributed by atoms with van der Waals surface area (Å²) in [5.41, 5.74) is -0.434. The molecule has 5 heteroatoms. The van der Waals surface area contributed by atoms with Crippen LogP contribution < -0.4 is 10.6 Å². The third-order valence-corrected chi connectivity index (χ3v) is 2.07. The van der Waals surface area contributed by atoms with Crippen LogP contribution in [0, 0.1) is 5.92 Å². The molecule has 0 aromatic rings. The van der Waals surface area contributed by atoms with Crippen molar-refractivity contribution >= 4 is 6.09 Å². The zero-order chi connectivity index (χ0) is 14.7. The second-order valence-electron chi connectivity index (χ2n) is 6.00. The molecule has 0 aromatic heterocycles. The fourth-order valence-electron chi connectivity index (χ4n) is 1.31. The first-order chi connectivity index (χ1) is 8.81. The van der Waals surface area contributed by atoms with Crippen molar-refractivity contribution in [3.63, 3.8) is 0 Å². The van der Waals surface area contributed by atoms with Crippen LogP contribution in [0.1, 0.15) is 41.0 Å². The number of hydrogen-bond acceptors (Lipinski definition) is 4. The maximum Gasteiger partial charge on any atom is 0.407 e. The number of nitrogens with one attached hydrogen (secondary N) is 2. The second-order valence-corrected chi connectivity index (χ2v) is 6.00. The third kappa shape index (κ3) is 15.1. The highest BCUT2D eigenvalue weighted by atomic mass is 16.6. The molecule has 5 nitrogen and oxygen atoms in total. The Balaban J connectivity index is 3.25. The maximum absolute atomic E-state index is 11.3. The van der Waals surface area contributed by atoms with E-state index in [1.807, 2.05) is 20.8 Å². The minimum atomic E-state index is -0.434. The van der Waals surface area contributed by atoms with Crippen LogP contribution in [-0.4, -0.2) is 44.5 Å². The molecule has 0 heterocycles. The first-order valence-electron chi connectivity index (χ1n) is 7.06. The topological polar surface area (TPSA) is 59.6 Å². The smallest absolute Gasteiger partial charge is 0.407 e. The molecule has 0 fully saturated rings. The van der Waals surface area contributed by atoms with Gasteiger partial charge in [0.2, 0.25) is 0 Å². The summed E-state index contributed by atoms with van der Waals surface area (Å²) in [5.74, 6) is 0.582. The first-order valence-corrected chi connectivity index (χ1v) is 7.06. The van der Waals surface area contributed by atoms with Crippen molar-refractivity contribution in [2.45, 2.75) is 46.6 Å². The molecule has 19 heavy (non-hydrogen) atoms. The van der Waals surface area contributed by atoms with Crippen molar-refractivity contribution in [1.82, 2.24) is 10.6 Å². The molecule has 114 valence electrons. The average molecular weight is 274 g/mol. The molecule has 0 bridgehead atoms. The van der Waals surface area contributed by atoms with Gasteiger partial charge >= 0.3 is 6.09 Å². The van der Waals surface area contributed by atoms with E-state index in [4.69, 9.17) is 9.47 Å². The van der Waals surface area contributed by atoms with Crippen molar-refractivity contribution in [3.05, 3.63) is 0 Å². The van der Waals surface area contributed by atoms with Gasteiger partial charge in [-0.2, -0.15) is 0 Å². The first kappa shape index (κ1) is 18.2. The average Bonchev–Trinajstić information content (AvgIpc) is 2.24. The fourth-order valence-corrected chi connectivity index (χ4v) is 1.31.